The van der Waals surface area contributed by atoms with Crippen molar-refractivity contribution in [3.05, 3.63) is 42.6 Å². The molecule has 25 heavy (non-hydrogen) atoms. The zero-order valence-corrected chi connectivity index (χ0v) is 14.2. The van der Waals surface area contributed by atoms with Crippen LogP contribution in [0.2, 0.25) is 0 Å². The number of nitrogens with one attached hydrogen (secondary N) is 1. The van der Waals surface area contributed by atoms with Crippen molar-refractivity contribution < 1.29 is 9.18 Å². The molecular formula is C19H21FN4O. The van der Waals surface area contributed by atoms with E-state index < -0.39 is 0 Å². The minimum Gasteiger partial charge on any atom is -0.360 e. The maximum Gasteiger partial charge on any atom is 0.222 e. The average molecular weight is 340 g/mol. The monoisotopic (exact) mass is 340 g/mol. The normalized spacial score (nSPS) is 15.8. The van der Waals surface area contributed by atoms with Crippen LogP contribution in [0.4, 0.5) is 4.39 Å². The van der Waals surface area contributed by atoms with Crippen molar-refractivity contribution in [2.45, 2.75) is 32.2 Å². The Morgan fingerprint density at radius 3 is 2.92 bits per heavy atom. The van der Waals surface area contributed by atoms with Crippen molar-refractivity contribution in [2.75, 3.05) is 13.1 Å². The first-order chi connectivity index (χ1) is 12.2. The molecule has 0 atom stereocenters. The van der Waals surface area contributed by atoms with E-state index in [1.54, 1.807) is 6.07 Å². The first-order valence-corrected chi connectivity index (χ1v) is 8.74. The van der Waals surface area contributed by atoms with Crippen molar-refractivity contribution in [1.29, 1.82) is 0 Å². The number of hydrogen-bond acceptors (Lipinski definition) is 2. The van der Waals surface area contributed by atoms with E-state index in [1.165, 1.54) is 12.1 Å². The van der Waals surface area contributed by atoms with E-state index in [0.717, 1.165) is 48.0 Å². The summed E-state index contributed by atoms with van der Waals surface area (Å²) < 4.78 is 15.4. The zero-order chi connectivity index (χ0) is 17.4. The Morgan fingerprint density at radius 1 is 1.36 bits per heavy atom. The summed E-state index contributed by atoms with van der Waals surface area (Å²) in [5.74, 6) is -0.0180. The Labute approximate surface area is 145 Å². The van der Waals surface area contributed by atoms with Gasteiger partial charge in [-0.15, -0.1) is 0 Å². The minimum atomic E-state index is -0.245. The molecule has 1 fully saturated rings. The van der Waals surface area contributed by atoms with Gasteiger partial charge in [0.15, 0.2) is 0 Å². The van der Waals surface area contributed by atoms with Crippen LogP contribution in [0.15, 0.2) is 36.8 Å². The molecular weight excluding hydrogens is 319 g/mol. The third kappa shape index (κ3) is 2.92. The SMILES string of the molecule is CCC(=O)N1CCC(n2cc(-c3c[nH]c4cc(F)ccc34)cn2)CC1. The van der Waals surface area contributed by atoms with Crippen LogP contribution in [0.3, 0.4) is 0 Å². The van der Waals surface area contributed by atoms with Crippen molar-refractivity contribution >= 4 is 16.8 Å². The molecule has 0 unspecified atom stereocenters. The summed E-state index contributed by atoms with van der Waals surface area (Å²) in [6.07, 6.45) is 8.22. The van der Waals surface area contributed by atoms with E-state index >= 15 is 0 Å². The van der Waals surface area contributed by atoms with Crippen LogP contribution in [-0.4, -0.2) is 38.7 Å². The summed E-state index contributed by atoms with van der Waals surface area (Å²) >= 11 is 0. The fourth-order valence-electron chi connectivity index (χ4n) is 3.62. The predicted octanol–water partition coefficient (Wildman–Crippen LogP) is 3.74. The fourth-order valence-corrected chi connectivity index (χ4v) is 3.62. The molecule has 0 aliphatic carbocycles. The second-order valence-corrected chi connectivity index (χ2v) is 6.57. The predicted molar refractivity (Wildman–Crippen MR) is 94.6 cm³/mol. The topological polar surface area (TPSA) is 53.9 Å². The van der Waals surface area contributed by atoms with Gasteiger partial charge in [0, 0.05) is 53.9 Å². The second-order valence-electron chi connectivity index (χ2n) is 6.57. The van der Waals surface area contributed by atoms with E-state index in [1.807, 2.05) is 35.1 Å². The molecule has 1 saturated heterocycles. The molecule has 0 saturated carbocycles. The van der Waals surface area contributed by atoms with E-state index in [4.69, 9.17) is 0 Å². The molecule has 6 heteroatoms. The molecule has 1 aliphatic heterocycles. The van der Waals surface area contributed by atoms with Gasteiger partial charge < -0.3 is 9.88 Å². The smallest absolute Gasteiger partial charge is 0.222 e. The molecule has 0 spiro atoms. The number of rotatable bonds is 3. The molecule has 3 aromatic rings. The minimum absolute atomic E-state index is 0.227. The number of carbonyl (C=O) groups excluding carboxylic acids is 1. The van der Waals surface area contributed by atoms with Gasteiger partial charge in [-0.3, -0.25) is 9.48 Å². The van der Waals surface area contributed by atoms with Gasteiger partial charge in [-0.2, -0.15) is 5.10 Å². The summed E-state index contributed by atoms with van der Waals surface area (Å²) in [7, 11) is 0. The number of aromatic nitrogens is 3. The number of H-pyrrole nitrogens is 1. The largest absolute Gasteiger partial charge is 0.360 e. The Balaban J connectivity index is 1.53. The Kier molecular flexibility index (Phi) is 4.03. The molecule has 0 bridgehead atoms. The van der Waals surface area contributed by atoms with Crippen LogP contribution in [0.5, 0.6) is 0 Å². The van der Waals surface area contributed by atoms with Crippen molar-refractivity contribution in [3.63, 3.8) is 0 Å². The lowest BCUT2D eigenvalue weighted by Gasteiger charge is -2.31. The van der Waals surface area contributed by atoms with Crippen LogP contribution in [-0.2, 0) is 4.79 Å². The molecule has 1 aliphatic rings. The van der Waals surface area contributed by atoms with E-state index in [0.29, 0.717) is 12.5 Å². The number of amides is 1. The third-order valence-corrected chi connectivity index (χ3v) is 5.05. The van der Waals surface area contributed by atoms with Gasteiger partial charge in [-0.05, 0) is 31.0 Å². The summed E-state index contributed by atoms with van der Waals surface area (Å²) in [5.41, 5.74) is 2.83. The van der Waals surface area contributed by atoms with Gasteiger partial charge in [0.1, 0.15) is 5.82 Å². The van der Waals surface area contributed by atoms with E-state index in [-0.39, 0.29) is 11.7 Å². The van der Waals surface area contributed by atoms with Crippen LogP contribution in [0.25, 0.3) is 22.0 Å². The first kappa shape index (κ1) is 15.9. The van der Waals surface area contributed by atoms with Gasteiger partial charge in [-0.1, -0.05) is 6.92 Å². The lowest BCUT2D eigenvalue weighted by atomic mass is 10.0. The lowest BCUT2D eigenvalue weighted by molar-refractivity contribution is -0.132. The highest BCUT2D eigenvalue weighted by molar-refractivity contribution is 5.95. The number of benzene rings is 1. The van der Waals surface area contributed by atoms with Crippen molar-refractivity contribution in [2.24, 2.45) is 0 Å². The number of nitrogens with zero attached hydrogens (tertiary/aromatic N) is 3. The Morgan fingerprint density at radius 2 is 2.16 bits per heavy atom. The zero-order valence-electron chi connectivity index (χ0n) is 14.2. The summed E-state index contributed by atoms with van der Waals surface area (Å²) in [6, 6.07) is 5.09. The maximum atomic E-state index is 13.3. The molecule has 1 amide bonds. The summed E-state index contributed by atoms with van der Waals surface area (Å²) in [4.78, 5) is 16.9. The number of aromatic amines is 1. The fraction of sp³-hybridized carbons (Fsp3) is 0.368. The third-order valence-electron chi connectivity index (χ3n) is 5.05. The number of hydrogen-bond donors (Lipinski definition) is 1. The Hall–Kier alpha value is -2.63. The van der Waals surface area contributed by atoms with Crippen molar-refractivity contribution in [3.8, 4) is 11.1 Å². The number of halogens is 1. The average Bonchev–Trinajstić information content (AvgIpc) is 3.27. The van der Waals surface area contributed by atoms with Crippen molar-refractivity contribution in [1.82, 2.24) is 19.7 Å². The van der Waals surface area contributed by atoms with Crippen LogP contribution in [0.1, 0.15) is 32.2 Å². The first-order valence-electron chi connectivity index (χ1n) is 8.74. The summed E-state index contributed by atoms with van der Waals surface area (Å²) in [5, 5.41) is 5.53. The molecule has 5 nitrogen and oxygen atoms in total. The van der Waals surface area contributed by atoms with Gasteiger partial charge in [-0.25, -0.2) is 4.39 Å². The molecule has 2 aromatic heterocycles. The molecule has 3 heterocycles. The highest BCUT2D eigenvalue weighted by Crippen LogP contribution is 2.30. The molecule has 0 radical (unpaired) electrons. The van der Waals surface area contributed by atoms with Gasteiger partial charge in [0.05, 0.1) is 12.2 Å². The van der Waals surface area contributed by atoms with Gasteiger partial charge in [0.2, 0.25) is 5.91 Å². The second kappa shape index (κ2) is 6.35. The molecule has 1 N–H and O–H groups in total. The lowest BCUT2D eigenvalue weighted by Crippen LogP contribution is -2.38. The molecule has 4 rings (SSSR count). The molecule has 1 aromatic carbocycles. The summed E-state index contributed by atoms with van der Waals surface area (Å²) in [6.45, 7) is 3.49. The number of piperidine rings is 1. The number of fused-ring (bicyclic) bond motifs is 1. The van der Waals surface area contributed by atoms with Crippen LogP contribution < -0.4 is 0 Å². The van der Waals surface area contributed by atoms with Crippen LogP contribution >= 0.6 is 0 Å². The number of carbonyl (C=O) groups is 1. The van der Waals surface area contributed by atoms with Gasteiger partial charge >= 0.3 is 0 Å². The van der Waals surface area contributed by atoms with E-state index in [9.17, 15) is 9.18 Å². The maximum absolute atomic E-state index is 13.3. The van der Waals surface area contributed by atoms with Gasteiger partial charge in [0.25, 0.3) is 0 Å². The quantitative estimate of drug-likeness (QED) is 0.789. The number of likely N-dealkylation sites (tertiary alicyclic amines) is 1. The highest BCUT2D eigenvalue weighted by Gasteiger charge is 2.23. The van der Waals surface area contributed by atoms with Crippen LogP contribution in [0, 0.1) is 5.82 Å². The standard InChI is InChI=1S/C19H21FN4O/c1-2-19(25)23-7-5-15(6-8-23)24-12-13(10-22-24)17-11-21-18-9-14(20)3-4-16(17)18/h3-4,9-12,15,21H,2,5-8H2,1H3. The highest BCUT2D eigenvalue weighted by atomic mass is 19.1. The Bertz CT molecular complexity index is 905. The molecule has 130 valence electrons. The van der Waals surface area contributed by atoms with E-state index in [2.05, 4.69) is 10.1 Å².